The Morgan fingerprint density at radius 2 is 1.63 bits per heavy atom. The number of rotatable bonds is 1. The molecule has 0 amide bonds. The van der Waals surface area contributed by atoms with E-state index in [0.29, 0.717) is 0 Å². The second-order valence-electron chi connectivity index (χ2n) is 8.10. The van der Waals surface area contributed by atoms with E-state index in [1.165, 1.54) is 74.1 Å². The van der Waals surface area contributed by atoms with Gasteiger partial charge in [-0.2, -0.15) is 0 Å². The summed E-state index contributed by atoms with van der Waals surface area (Å²) in [7, 11) is 2.23. The maximum Gasteiger partial charge on any atom is 0.0503 e. The van der Waals surface area contributed by atoms with E-state index in [1.807, 2.05) is 11.3 Å². The van der Waals surface area contributed by atoms with Crippen LogP contribution >= 0.6 is 11.3 Å². The first-order chi connectivity index (χ1) is 13.3. The molecule has 0 N–H and O–H groups in total. The van der Waals surface area contributed by atoms with Crippen molar-refractivity contribution in [2.75, 3.05) is 0 Å². The number of hydrogen-bond acceptors (Lipinski definition) is 1. The summed E-state index contributed by atoms with van der Waals surface area (Å²) < 4.78 is 5.19. The zero-order chi connectivity index (χ0) is 18.0. The minimum absolute atomic E-state index is 0.725. The molecule has 134 valence electrons. The lowest BCUT2D eigenvalue weighted by Crippen LogP contribution is -2.04. The topological polar surface area (TPSA) is 4.93 Å². The van der Waals surface area contributed by atoms with Gasteiger partial charge in [-0.25, -0.2) is 0 Å². The van der Waals surface area contributed by atoms with Gasteiger partial charge in [-0.05, 0) is 48.6 Å². The van der Waals surface area contributed by atoms with Crippen LogP contribution in [-0.4, -0.2) is 4.57 Å². The van der Waals surface area contributed by atoms with Crippen LogP contribution in [0.5, 0.6) is 0 Å². The monoisotopic (exact) mass is 369 g/mol. The van der Waals surface area contributed by atoms with E-state index < -0.39 is 0 Å². The third kappa shape index (κ3) is 2.23. The van der Waals surface area contributed by atoms with Gasteiger partial charge in [0.25, 0.3) is 0 Å². The first-order valence-corrected chi connectivity index (χ1v) is 11.0. The molecule has 27 heavy (non-hydrogen) atoms. The van der Waals surface area contributed by atoms with Crippen LogP contribution in [-0.2, 0) is 7.05 Å². The molecular formula is C25H23NS. The molecule has 5 aromatic rings. The summed E-state index contributed by atoms with van der Waals surface area (Å²) in [6.07, 6.45) is 6.86. The fourth-order valence-electron chi connectivity index (χ4n) is 5.25. The van der Waals surface area contributed by atoms with Gasteiger partial charge >= 0.3 is 0 Å². The Bertz CT molecular complexity index is 1310. The van der Waals surface area contributed by atoms with E-state index in [2.05, 4.69) is 66.2 Å². The normalized spacial score (nSPS) is 16.2. The molecule has 1 fully saturated rings. The van der Waals surface area contributed by atoms with E-state index in [1.54, 1.807) is 5.56 Å². The molecule has 0 radical (unpaired) electrons. The smallest absolute Gasteiger partial charge is 0.0503 e. The van der Waals surface area contributed by atoms with Crippen molar-refractivity contribution in [3.8, 4) is 0 Å². The number of fused-ring (bicyclic) bond motifs is 6. The summed E-state index contributed by atoms with van der Waals surface area (Å²) in [4.78, 5) is 0. The Morgan fingerprint density at radius 3 is 2.52 bits per heavy atom. The molecule has 0 atom stereocenters. The van der Waals surface area contributed by atoms with Crippen LogP contribution in [0.15, 0.2) is 54.6 Å². The van der Waals surface area contributed by atoms with E-state index in [0.717, 1.165) is 5.92 Å². The summed E-state index contributed by atoms with van der Waals surface area (Å²) in [5, 5.41) is 5.74. The molecule has 0 unspecified atom stereocenters. The van der Waals surface area contributed by atoms with Crippen LogP contribution in [0.1, 0.15) is 43.6 Å². The van der Waals surface area contributed by atoms with Gasteiger partial charge in [0.15, 0.2) is 0 Å². The Morgan fingerprint density at radius 1 is 0.778 bits per heavy atom. The van der Waals surface area contributed by atoms with Crippen molar-refractivity contribution in [1.29, 1.82) is 0 Å². The number of thiophene rings is 1. The van der Waals surface area contributed by atoms with Crippen molar-refractivity contribution in [2.45, 2.75) is 38.0 Å². The van der Waals surface area contributed by atoms with Crippen LogP contribution in [0.2, 0.25) is 0 Å². The van der Waals surface area contributed by atoms with Crippen LogP contribution in [0.3, 0.4) is 0 Å². The standard InChI is InChI=1S/C25H23NS/c1-26-21-12-7-11-17(16-8-3-2-4-9-16)25(21)20-14-19-18-10-5-6-13-23(18)27-24(19)15-22(20)26/h5-7,10-16H,2-4,8-9H2,1H3. The SMILES string of the molecule is Cn1c2cc3sc4ccccc4c3cc2c2c(C3CCCCC3)cccc21. The molecule has 3 aromatic carbocycles. The Hall–Kier alpha value is -2.32. The Balaban J connectivity index is 1.74. The van der Waals surface area contributed by atoms with Gasteiger partial charge in [-0.3, -0.25) is 0 Å². The molecule has 1 aliphatic rings. The Kier molecular flexibility index (Phi) is 3.40. The zero-order valence-corrected chi connectivity index (χ0v) is 16.5. The van der Waals surface area contributed by atoms with Crippen molar-refractivity contribution in [3.05, 3.63) is 60.2 Å². The number of hydrogen-bond donors (Lipinski definition) is 0. The molecule has 0 aliphatic heterocycles. The second kappa shape index (κ2) is 5.84. The van der Waals surface area contributed by atoms with Crippen molar-refractivity contribution in [3.63, 3.8) is 0 Å². The summed E-state index contributed by atoms with van der Waals surface area (Å²) in [5.74, 6) is 0.725. The van der Waals surface area contributed by atoms with Crippen molar-refractivity contribution in [1.82, 2.24) is 4.57 Å². The molecule has 2 heterocycles. The first-order valence-electron chi connectivity index (χ1n) is 10.1. The van der Waals surface area contributed by atoms with Crippen molar-refractivity contribution >= 4 is 53.3 Å². The van der Waals surface area contributed by atoms with Crippen LogP contribution in [0, 0.1) is 0 Å². The van der Waals surface area contributed by atoms with Gasteiger partial charge in [0.1, 0.15) is 0 Å². The molecule has 0 bridgehead atoms. The molecule has 0 spiro atoms. The van der Waals surface area contributed by atoms with Crippen molar-refractivity contribution < 1.29 is 0 Å². The van der Waals surface area contributed by atoms with Crippen LogP contribution in [0.25, 0.3) is 42.0 Å². The van der Waals surface area contributed by atoms with E-state index >= 15 is 0 Å². The zero-order valence-electron chi connectivity index (χ0n) is 15.7. The second-order valence-corrected chi connectivity index (χ2v) is 9.18. The molecule has 0 saturated heterocycles. The third-order valence-corrected chi connectivity index (χ3v) is 7.74. The third-order valence-electron chi connectivity index (χ3n) is 6.61. The number of aromatic nitrogens is 1. The lowest BCUT2D eigenvalue weighted by molar-refractivity contribution is 0.445. The van der Waals surface area contributed by atoms with Gasteiger partial charge in [-0.1, -0.05) is 49.6 Å². The average molecular weight is 370 g/mol. The van der Waals surface area contributed by atoms with Crippen molar-refractivity contribution in [2.24, 2.45) is 7.05 Å². The molecule has 2 aromatic heterocycles. The number of benzene rings is 3. The minimum Gasteiger partial charge on any atom is -0.344 e. The minimum atomic E-state index is 0.725. The molecule has 1 nitrogen and oxygen atoms in total. The highest BCUT2D eigenvalue weighted by molar-refractivity contribution is 7.25. The summed E-state index contributed by atoms with van der Waals surface area (Å²) >= 11 is 1.91. The average Bonchev–Trinajstić information content (AvgIpc) is 3.22. The molecule has 1 aliphatic carbocycles. The Labute approximate surface area is 163 Å². The fraction of sp³-hybridized carbons (Fsp3) is 0.280. The number of aryl methyl sites for hydroxylation is 1. The van der Waals surface area contributed by atoms with Gasteiger partial charge < -0.3 is 4.57 Å². The fourth-order valence-corrected chi connectivity index (χ4v) is 6.37. The van der Waals surface area contributed by atoms with E-state index in [9.17, 15) is 0 Å². The van der Waals surface area contributed by atoms with Gasteiger partial charge in [-0.15, -0.1) is 11.3 Å². The van der Waals surface area contributed by atoms with Crippen LogP contribution < -0.4 is 0 Å². The summed E-state index contributed by atoms with van der Waals surface area (Å²) in [5.41, 5.74) is 4.33. The predicted octanol–water partition coefficient (Wildman–Crippen LogP) is 7.75. The highest BCUT2D eigenvalue weighted by Crippen LogP contribution is 2.43. The van der Waals surface area contributed by atoms with Crippen LogP contribution in [0.4, 0.5) is 0 Å². The summed E-state index contributed by atoms with van der Waals surface area (Å²) in [6, 6.07) is 20.7. The summed E-state index contributed by atoms with van der Waals surface area (Å²) in [6.45, 7) is 0. The lowest BCUT2D eigenvalue weighted by Gasteiger charge is -2.23. The van der Waals surface area contributed by atoms with Gasteiger partial charge in [0, 0.05) is 43.5 Å². The molecular weight excluding hydrogens is 346 g/mol. The lowest BCUT2D eigenvalue weighted by atomic mass is 9.82. The van der Waals surface area contributed by atoms with E-state index in [4.69, 9.17) is 0 Å². The first kappa shape index (κ1) is 15.7. The largest absolute Gasteiger partial charge is 0.344 e. The van der Waals surface area contributed by atoms with Gasteiger partial charge in [0.05, 0.1) is 5.52 Å². The quantitative estimate of drug-likeness (QED) is 0.285. The maximum absolute atomic E-state index is 2.47. The molecule has 6 rings (SSSR count). The maximum atomic E-state index is 2.47. The highest BCUT2D eigenvalue weighted by Gasteiger charge is 2.21. The highest BCUT2D eigenvalue weighted by atomic mass is 32.1. The molecule has 2 heteroatoms. The van der Waals surface area contributed by atoms with Gasteiger partial charge in [0.2, 0.25) is 0 Å². The number of nitrogens with zero attached hydrogens (tertiary/aromatic N) is 1. The predicted molar refractivity (Wildman–Crippen MR) is 119 cm³/mol. The van der Waals surface area contributed by atoms with E-state index in [-0.39, 0.29) is 0 Å². The molecule has 1 saturated carbocycles.